The van der Waals surface area contributed by atoms with Crippen LogP contribution in [0.15, 0.2) is 42.5 Å². The van der Waals surface area contributed by atoms with E-state index in [1.807, 2.05) is 31.2 Å². The van der Waals surface area contributed by atoms with Gasteiger partial charge in [-0.05, 0) is 43.3 Å². The van der Waals surface area contributed by atoms with E-state index < -0.39 is 0 Å². The Kier molecular flexibility index (Phi) is 7.64. The van der Waals surface area contributed by atoms with Crippen LogP contribution >= 0.6 is 11.6 Å². The number of likely N-dealkylation sites (N-methyl/N-ethyl adjacent to an activating group) is 1. The number of rotatable bonds is 8. The highest BCUT2D eigenvalue weighted by Gasteiger charge is 2.13. The lowest BCUT2D eigenvalue weighted by Crippen LogP contribution is -2.38. The molecule has 0 saturated carbocycles. The van der Waals surface area contributed by atoms with E-state index in [2.05, 4.69) is 10.6 Å². The van der Waals surface area contributed by atoms with Crippen LogP contribution < -0.4 is 15.4 Å². The minimum absolute atomic E-state index is 0.0629. The molecule has 0 unspecified atom stereocenters. The molecule has 2 N–H and O–H groups in total. The summed E-state index contributed by atoms with van der Waals surface area (Å²) in [4.78, 5) is 26.0. The van der Waals surface area contributed by atoms with Crippen molar-refractivity contribution in [3.63, 3.8) is 0 Å². The highest BCUT2D eigenvalue weighted by Crippen LogP contribution is 2.27. The lowest BCUT2D eigenvalue weighted by Gasteiger charge is -2.17. The first-order valence-electron chi connectivity index (χ1n) is 8.52. The van der Waals surface area contributed by atoms with Crippen LogP contribution in [0.25, 0.3) is 0 Å². The van der Waals surface area contributed by atoms with Gasteiger partial charge in [-0.3, -0.25) is 14.5 Å². The number of aryl methyl sites for hydroxylation is 1. The Bertz CT molecular complexity index is 811. The maximum Gasteiger partial charge on any atom is 0.238 e. The number of ether oxygens (including phenoxy) is 1. The zero-order valence-electron chi connectivity index (χ0n) is 15.7. The van der Waals surface area contributed by atoms with E-state index in [0.717, 1.165) is 11.1 Å². The molecule has 6 nitrogen and oxygen atoms in total. The predicted octanol–water partition coefficient (Wildman–Crippen LogP) is 2.84. The third-order valence-corrected chi connectivity index (χ3v) is 4.24. The zero-order valence-corrected chi connectivity index (χ0v) is 16.5. The van der Waals surface area contributed by atoms with Gasteiger partial charge in [-0.15, -0.1) is 0 Å². The van der Waals surface area contributed by atoms with Gasteiger partial charge < -0.3 is 15.4 Å². The van der Waals surface area contributed by atoms with Crippen LogP contribution in [0.4, 0.5) is 5.69 Å². The molecule has 144 valence electrons. The summed E-state index contributed by atoms with van der Waals surface area (Å²) < 4.78 is 5.20. The quantitative estimate of drug-likeness (QED) is 0.728. The number of carbonyl (C=O) groups is 2. The van der Waals surface area contributed by atoms with Crippen molar-refractivity contribution in [1.29, 1.82) is 0 Å². The largest absolute Gasteiger partial charge is 0.495 e. The van der Waals surface area contributed by atoms with Gasteiger partial charge in [0.05, 0.1) is 25.9 Å². The molecule has 0 bridgehead atoms. The van der Waals surface area contributed by atoms with Crippen LogP contribution in [0.1, 0.15) is 11.1 Å². The van der Waals surface area contributed by atoms with Crippen molar-refractivity contribution >= 4 is 29.1 Å². The third-order valence-electron chi connectivity index (χ3n) is 4.00. The monoisotopic (exact) mass is 389 g/mol. The van der Waals surface area contributed by atoms with Crippen LogP contribution in [-0.4, -0.2) is 44.0 Å². The van der Waals surface area contributed by atoms with Crippen LogP contribution in [0.2, 0.25) is 5.02 Å². The average molecular weight is 390 g/mol. The second-order valence-corrected chi connectivity index (χ2v) is 6.70. The Morgan fingerprint density at radius 3 is 2.52 bits per heavy atom. The van der Waals surface area contributed by atoms with Gasteiger partial charge in [-0.25, -0.2) is 0 Å². The summed E-state index contributed by atoms with van der Waals surface area (Å²) in [6, 6.07) is 12.9. The van der Waals surface area contributed by atoms with Crippen LogP contribution in [-0.2, 0) is 16.1 Å². The third kappa shape index (κ3) is 6.58. The smallest absolute Gasteiger partial charge is 0.238 e. The van der Waals surface area contributed by atoms with Crippen molar-refractivity contribution in [3.05, 3.63) is 58.6 Å². The summed E-state index contributed by atoms with van der Waals surface area (Å²) in [6.07, 6.45) is 0. The number of hydrogen-bond donors (Lipinski definition) is 2. The van der Waals surface area contributed by atoms with Crippen molar-refractivity contribution in [2.45, 2.75) is 13.5 Å². The molecule has 27 heavy (non-hydrogen) atoms. The van der Waals surface area contributed by atoms with Crippen LogP contribution in [0.3, 0.4) is 0 Å². The number of anilines is 1. The van der Waals surface area contributed by atoms with Gasteiger partial charge >= 0.3 is 0 Å². The van der Waals surface area contributed by atoms with E-state index >= 15 is 0 Å². The number of nitrogens with one attached hydrogen (secondary N) is 2. The van der Waals surface area contributed by atoms with E-state index in [9.17, 15) is 9.59 Å². The van der Waals surface area contributed by atoms with Crippen molar-refractivity contribution in [3.8, 4) is 5.75 Å². The summed E-state index contributed by atoms with van der Waals surface area (Å²) in [5.41, 5.74) is 2.69. The first-order chi connectivity index (χ1) is 12.9. The number of carbonyl (C=O) groups excluding carboxylic acids is 2. The molecular weight excluding hydrogens is 366 g/mol. The molecule has 0 heterocycles. The Morgan fingerprint density at radius 1 is 1.11 bits per heavy atom. The van der Waals surface area contributed by atoms with Gasteiger partial charge in [0.15, 0.2) is 0 Å². The first-order valence-corrected chi connectivity index (χ1v) is 8.90. The van der Waals surface area contributed by atoms with E-state index in [1.165, 1.54) is 7.11 Å². The predicted molar refractivity (Wildman–Crippen MR) is 107 cm³/mol. The zero-order chi connectivity index (χ0) is 19.8. The van der Waals surface area contributed by atoms with Crippen molar-refractivity contribution < 1.29 is 14.3 Å². The minimum atomic E-state index is -0.259. The van der Waals surface area contributed by atoms with Crippen LogP contribution in [0, 0.1) is 6.92 Å². The molecule has 0 aromatic heterocycles. The Morgan fingerprint density at radius 2 is 1.81 bits per heavy atom. The molecule has 2 aromatic rings. The minimum Gasteiger partial charge on any atom is -0.495 e. The summed E-state index contributed by atoms with van der Waals surface area (Å²) >= 11 is 5.96. The lowest BCUT2D eigenvalue weighted by molar-refractivity contribution is -0.123. The molecule has 2 amide bonds. The molecule has 2 aromatic carbocycles. The summed E-state index contributed by atoms with van der Waals surface area (Å²) in [6.45, 7) is 2.65. The number of hydrogen-bond acceptors (Lipinski definition) is 4. The highest BCUT2D eigenvalue weighted by atomic mass is 35.5. The van der Waals surface area contributed by atoms with E-state index in [0.29, 0.717) is 23.0 Å². The molecule has 0 aliphatic carbocycles. The number of benzene rings is 2. The standard InChI is InChI=1S/C20H24ClN3O3/c1-14-6-4-5-7-15(14)11-22-19(25)12-24(2)13-20(26)23-17-10-16(21)8-9-18(17)27-3/h4-10H,11-13H2,1-3H3,(H,22,25)(H,23,26). The molecular formula is C20H24ClN3O3. The molecule has 0 saturated heterocycles. The Hall–Kier alpha value is -2.57. The molecule has 0 spiro atoms. The second-order valence-electron chi connectivity index (χ2n) is 6.27. The Balaban J connectivity index is 1.81. The van der Waals surface area contributed by atoms with Gasteiger partial charge in [0.2, 0.25) is 11.8 Å². The number of halogens is 1. The molecule has 0 fully saturated rings. The lowest BCUT2D eigenvalue weighted by atomic mass is 10.1. The van der Waals surface area contributed by atoms with Crippen molar-refractivity contribution in [2.75, 3.05) is 32.6 Å². The van der Waals surface area contributed by atoms with Gasteiger partial charge in [0, 0.05) is 11.6 Å². The van der Waals surface area contributed by atoms with Gasteiger partial charge in [0.1, 0.15) is 5.75 Å². The summed E-state index contributed by atoms with van der Waals surface area (Å²) in [5, 5.41) is 6.11. The maximum absolute atomic E-state index is 12.2. The topological polar surface area (TPSA) is 70.7 Å². The first kappa shape index (κ1) is 20.7. The Labute approximate surface area is 164 Å². The van der Waals surface area contributed by atoms with Gasteiger partial charge in [-0.2, -0.15) is 0 Å². The summed E-state index contributed by atoms with van der Waals surface area (Å²) in [7, 11) is 3.23. The maximum atomic E-state index is 12.2. The molecule has 2 rings (SSSR count). The van der Waals surface area contributed by atoms with E-state index in [1.54, 1.807) is 30.1 Å². The fourth-order valence-electron chi connectivity index (χ4n) is 2.57. The molecule has 7 heteroatoms. The number of amides is 2. The molecule has 0 radical (unpaired) electrons. The SMILES string of the molecule is COc1ccc(Cl)cc1NC(=O)CN(C)CC(=O)NCc1ccccc1C. The molecule has 0 atom stereocenters. The van der Waals surface area contributed by atoms with Crippen LogP contribution in [0.5, 0.6) is 5.75 Å². The van der Waals surface area contributed by atoms with E-state index in [4.69, 9.17) is 16.3 Å². The summed E-state index contributed by atoms with van der Waals surface area (Å²) in [5.74, 6) is 0.116. The normalized spacial score (nSPS) is 10.6. The van der Waals surface area contributed by atoms with Crippen molar-refractivity contribution in [1.82, 2.24) is 10.2 Å². The molecule has 0 aliphatic heterocycles. The van der Waals surface area contributed by atoms with E-state index in [-0.39, 0.29) is 24.9 Å². The number of nitrogens with zero attached hydrogens (tertiary/aromatic N) is 1. The average Bonchev–Trinajstić information content (AvgIpc) is 2.61. The second kappa shape index (κ2) is 9.94. The number of methoxy groups -OCH3 is 1. The fourth-order valence-corrected chi connectivity index (χ4v) is 2.74. The molecule has 0 aliphatic rings. The van der Waals surface area contributed by atoms with Crippen molar-refractivity contribution in [2.24, 2.45) is 0 Å². The fraction of sp³-hybridized carbons (Fsp3) is 0.300. The van der Waals surface area contributed by atoms with Gasteiger partial charge in [-0.1, -0.05) is 35.9 Å². The van der Waals surface area contributed by atoms with Gasteiger partial charge in [0.25, 0.3) is 0 Å². The highest BCUT2D eigenvalue weighted by molar-refractivity contribution is 6.31.